The molecule has 190 valence electrons. The smallest absolute Gasteiger partial charge is 0.328 e. The van der Waals surface area contributed by atoms with Crippen molar-refractivity contribution in [2.75, 3.05) is 0 Å². The molecule has 0 bridgehead atoms. The van der Waals surface area contributed by atoms with Gasteiger partial charge in [-0.05, 0) is 37.0 Å². The molecule has 0 unspecified atom stereocenters. The van der Waals surface area contributed by atoms with Crippen LogP contribution in [0.4, 0.5) is 0 Å². The topological polar surface area (TPSA) is 82.1 Å². The van der Waals surface area contributed by atoms with Gasteiger partial charge in [0, 0.05) is 13.8 Å². The summed E-state index contributed by atoms with van der Waals surface area (Å²) in [6, 6.07) is -0.679. The largest absolute Gasteiger partial charge is 0.422 e. The van der Waals surface area contributed by atoms with Crippen LogP contribution in [0.3, 0.4) is 0 Å². The van der Waals surface area contributed by atoms with Gasteiger partial charge in [0.15, 0.2) is 22.0 Å². The number of hydrogen-bond acceptors (Lipinski definition) is 6. The molecular formula is C24H45NO6Si2. The molecule has 9 heteroatoms. The molecule has 2 aliphatic rings. The van der Waals surface area contributed by atoms with Gasteiger partial charge >= 0.3 is 11.9 Å². The van der Waals surface area contributed by atoms with Crippen molar-refractivity contribution in [2.45, 2.75) is 123 Å². The van der Waals surface area contributed by atoms with Crippen molar-refractivity contribution in [3.8, 4) is 0 Å². The predicted octanol–water partition coefficient (Wildman–Crippen LogP) is 5.07. The van der Waals surface area contributed by atoms with E-state index in [1.165, 1.54) is 0 Å². The average Bonchev–Trinajstić information content (AvgIpc) is 2.53. The van der Waals surface area contributed by atoms with Crippen molar-refractivity contribution >= 4 is 34.4 Å². The Labute approximate surface area is 202 Å². The van der Waals surface area contributed by atoms with Crippen LogP contribution < -0.4 is 0 Å². The number of esters is 2. The van der Waals surface area contributed by atoms with Crippen LogP contribution >= 0.6 is 0 Å². The number of nitrogens with zero attached hydrogens (tertiary/aromatic N) is 1. The molecule has 1 amide bonds. The van der Waals surface area contributed by atoms with Crippen LogP contribution in [-0.4, -0.2) is 56.9 Å². The maximum atomic E-state index is 13.8. The van der Waals surface area contributed by atoms with Crippen LogP contribution in [0, 0.1) is 11.3 Å². The number of hydrogen-bond donors (Lipinski definition) is 0. The van der Waals surface area contributed by atoms with E-state index in [1.807, 2.05) is 11.5 Å². The summed E-state index contributed by atoms with van der Waals surface area (Å²) < 4.78 is 19.5. The van der Waals surface area contributed by atoms with E-state index in [9.17, 15) is 14.4 Å². The third kappa shape index (κ3) is 4.45. The molecular weight excluding hydrogens is 454 g/mol. The summed E-state index contributed by atoms with van der Waals surface area (Å²) in [4.78, 5) is 40.4. The predicted molar refractivity (Wildman–Crippen MR) is 133 cm³/mol. The number of ether oxygens (including phenoxy) is 2. The number of cyclic esters (lactones) is 2. The Bertz CT molecular complexity index is 817. The van der Waals surface area contributed by atoms with E-state index < -0.39 is 57.8 Å². The molecule has 33 heavy (non-hydrogen) atoms. The van der Waals surface area contributed by atoms with Crippen LogP contribution in [0.25, 0.3) is 0 Å². The van der Waals surface area contributed by atoms with Crippen LogP contribution in [0.15, 0.2) is 0 Å². The normalized spacial score (nSPS) is 27.0. The fraction of sp³-hybridized carbons (Fsp3) is 0.875. The van der Waals surface area contributed by atoms with Crippen LogP contribution in [-0.2, 0) is 28.3 Å². The Hall–Kier alpha value is -1.20. The zero-order chi connectivity index (χ0) is 26.2. The molecule has 2 heterocycles. The van der Waals surface area contributed by atoms with Gasteiger partial charge in [-0.25, -0.2) is 0 Å². The Morgan fingerprint density at radius 2 is 1.30 bits per heavy atom. The molecule has 2 saturated heterocycles. The molecule has 0 spiro atoms. The highest BCUT2D eigenvalue weighted by Crippen LogP contribution is 2.53. The minimum Gasteiger partial charge on any atom is -0.422 e. The van der Waals surface area contributed by atoms with Crippen molar-refractivity contribution in [2.24, 2.45) is 11.3 Å². The Kier molecular flexibility index (Phi) is 6.72. The SMILES string of the molecule is C[C@@H](O[Si](C)(C)C(C)(C)C)[C@H]1C(=O)N([Si](C)(C)C(C)(C)C)[C@@H]1C1(C)C(=O)OC(C)(C)OC1=O. The minimum absolute atomic E-state index is 0.0424. The second-order valence-corrected chi connectivity index (χ2v) is 23.3. The average molecular weight is 500 g/mol. The Balaban J connectivity index is 2.59. The fourth-order valence-corrected chi connectivity index (χ4v) is 8.26. The third-order valence-corrected chi connectivity index (χ3v) is 18.4. The Morgan fingerprint density at radius 1 is 0.879 bits per heavy atom. The molecule has 0 radical (unpaired) electrons. The zero-order valence-corrected chi connectivity index (χ0v) is 25.1. The third-order valence-electron chi connectivity index (χ3n) is 8.49. The summed E-state index contributed by atoms with van der Waals surface area (Å²) in [7, 11) is -4.63. The van der Waals surface area contributed by atoms with E-state index in [4.69, 9.17) is 13.9 Å². The second kappa shape index (κ2) is 7.91. The van der Waals surface area contributed by atoms with E-state index in [2.05, 4.69) is 67.7 Å². The van der Waals surface area contributed by atoms with E-state index in [-0.39, 0.29) is 16.0 Å². The van der Waals surface area contributed by atoms with Crippen LogP contribution in [0.5, 0.6) is 0 Å². The summed E-state index contributed by atoms with van der Waals surface area (Å²) in [5.41, 5.74) is -1.62. The highest BCUT2D eigenvalue weighted by Gasteiger charge is 2.71. The first-order valence-corrected chi connectivity index (χ1v) is 17.8. The van der Waals surface area contributed by atoms with Gasteiger partial charge in [0.25, 0.3) is 5.79 Å². The first-order valence-electron chi connectivity index (χ1n) is 11.9. The molecule has 0 aromatic heterocycles. The van der Waals surface area contributed by atoms with Gasteiger partial charge in [-0.2, -0.15) is 0 Å². The lowest BCUT2D eigenvalue weighted by atomic mass is 9.68. The molecule has 2 fully saturated rings. The van der Waals surface area contributed by atoms with Gasteiger partial charge < -0.3 is 18.5 Å². The molecule has 0 aliphatic carbocycles. The Morgan fingerprint density at radius 3 is 1.67 bits per heavy atom. The van der Waals surface area contributed by atoms with E-state index in [0.29, 0.717) is 0 Å². The zero-order valence-electron chi connectivity index (χ0n) is 23.1. The molecule has 0 N–H and O–H groups in total. The summed E-state index contributed by atoms with van der Waals surface area (Å²) in [5.74, 6) is -3.30. The number of carbonyl (C=O) groups is 3. The molecule has 0 aromatic rings. The van der Waals surface area contributed by atoms with Crippen molar-refractivity contribution < 1.29 is 28.3 Å². The van der Waals surface area contributed by atoms with Crippen molar-refractivity contribution in [3.05, 3.63) is 0 Å². The molecule has 0 aromatic carbocycles. The van der Waals surface area contributed by atoms with Crippen molar-refractivity contribution in [1.29, 1.82) is 0 Å². The van der Waals surface area contributed by atoms with Gasteiger partial charge in [-0.3, -0.25) is 14.4 Å². The first-order chi connectivity index (χ1) is 14.4. The lowest BCUT2D eigenvalue weighted by Gasteiger charge is -2.63. The van der Waals surface area contributed by atoms with Gasteiger partial charge in [0.1, 0.15) is 0 Å². The molecule has 7 nitrogen and oxygen atoms in total. The highest BCUT2D eigenvalue weighted by atomic mass is 28.4. The number of amides is 1. The first kappa shape index (κ1) is 28.0. The summed E-state index contributed by atoms with van der Waals surface area (Å²) in [6.45, 7) is 27.8. The lowest BCUT2D eigenvalue weighted by molar-refractivity contribution is -0.257. The standard InChI is InChI=1S/C24H45NO6Si2/c1-15(31-33(13,14)22(5,6)7)16-17(25(18(16)26)32(11,12)21(2,3)4)24(10)19(27)29-23(8,9)30-20(24)28/h15-17H,1-14H3/t15-,16-,17+/m1/s1. The highest BCUT2D eigenvalue weighted by molar-refractivity contribution is 6.80. The fourth-order valence-electron chi connectivity index (χ4n) is 4.29. The van der Waals surface area contributed by atoms with Gasteiger partial charge in [0.2, 0.25) is 5.91 Å². The van der Waals surface area contributed by atoms with Crippen LogP contribution in [0.1, 0.15) is 69.2 Å². The number of β-lactam (4-membered cyclic amide) rings is 1. The van der Waals surface area contributed by atoms with E-state index >= 15 is 0 Å². The maximum absolute atomic E-state index is 13.8. The quantitative estimate of drug-likeness (QED) is 0.227. The molecule has 0 saturated carbocycles. The summed E-state index contributed by atoms with van der Waals surface area (Å²) in [5, 5.41) is -0.215. The lowest BCUT2D eigenvalue weighted by Crippen LogP contribution is -2.81. The summed E-state index contributed by atoms with van der Waals surface area (Å²) in [6.07, 6.45) is -0.447. The van der Waals surface area contributed by atoms with Gasteiger partial charge in [-0.1, -0.05) is 54.6 Å². The second-order valence-electron chi connectivity index (χ2n) is 13.5. The molecule has 2 aliphatic heterocycles. The van der Waals surface area contributed by atoms with Crippen molar-refractivity contribution in [3.63, 3.8) is 0 Å². The molecule has 3 atom stereocenters. The van der Waals surface area contributed by atoms with E-state index in [0.717, 1.165) is 0 Å². The van der Waals surface area contributed by atoms with Gasteiger partial charge in [0.05, 0.1) is 18.1 Å². The number of carbonyl (C=O) groups excluding carboxylic acids is 3. The van der Waals surface area contributed by atoms with E-state index in [1.54, 1.807) is 20.8 Å². The van der Waals surface area contributed by atoms with Crippen molar-refractivity contribution in [1.82, 2.24) is 4.57 Å². The molecule has 2 rings (SSSR count). The van der Waals surface area contributed by atoms with Gasteiger partial charge in [-0.15, -0.1) is 0 Å². The minimum atomic E-state index is -2.43. The summed E-state index contributed by atoms with van der Waals surface area (Å²) >= 11 is 0. The van der Waals surface area contributed by atoms with Crippen LogP contribution in [0.2, 0.25) is 36.3 Å². The number of rotatable bonds is 5. The monoisotopic (exact) mass is 499 g/mol. The maximum Gasteiger partial charge on any atom is 0.328 e.